The number of nitrogens with one attached hydrogen (secondary N) is 1. The Labute approximate surface area is 202 Å². The zero-order valence-corrected chi connectivity index (χ0v) is 20.0. The summed E-state index contributed by atoms with van der Waals surface area (Å²) in [6, 6.07) is 2.89. The van der Waals surface area contributed by atoms with E-state index in [9.17, 15) is 18.0 Å². The molecule has 1 N–H and O–H groups in total. The largest absolute Gasteiger partial charge is 0.417 e. The van der Waals surface area contributed by atoms with Gasteiger partial charge in [-0.3, -0.25) is 4.57 Å². The molecule has 0 bridgehead atoms. The van der Waals surface area contributed by atoms with Gasteiger partial charge >= 0.3 is 11.9 Å². The Morgan fingerprint density at radius 3 is 2.47 bits per heavy atom. The Hall–Kier alpha value is -2.37. The van der Waals surface area contributed by atoms with Crippen LogP contribution in [0.1, 0.15) is 31.2 Å². The highest BCUT2D eigenvalue weighted by Crippen LogP contribution is 2.47. The van der Waals surface area contributed by atoms with Gasteiger partial charge in [0.05, 0.1) is 21.0 Å². The molecule has 1 aromatic carbocycles. The van der Waals surface area contributed by atoms with E-state index >= 15 is 0 Å². The Balaban J connectivity index is 1.76. The second-order valence-electron chi connectivity index (χ2n) is 8.78. The van der Waals surface area contributed by atoms with Crippen molar-refractivity contribution in [2.75, 3.05) is 23.7 Å². The molecule has 0 radical (unpaired) electrons. The molecule has 12 heteroatoms. The first-order chi connectivity index (χ1) is 16.1. The lowest BCUT2D eigenvalue weighted by Crippen LogP contribution is -2.55. The summed E-state index contributed by atoms with van der Waals surface area (Å²) in [6.07, 6.45) is -1.45. The number of thioether (sulfide) groups is 1. The smallest absolute Gasteiger partial charge is 0.353 e. The maximum atomic E-state index is 14.0. The number of benzene rings is 1. The van der Waals surface area contributed by atoms with Crippen molar-refractivity contribution in [1.82, 2.24) is 24.8 Å². The molecule has 180 valence electrons. The first kappa shape index (κ1) is 23.4. The number of hydrogen-bond donors (Lipinski definition) is 1. The van der Waals surface area contributed by atoms with Gasteiger partial charge in [-0.1, -0.05) is 11.6 Å². The number of alkyl halides is 3. The maximum absolute atomic E-state index is 14.0. The SMILES string of the molecule is C[C@@H]1CN(c2nc(=O)n3c4c(c(Cl)c(C(F)(F)F)cc24)SCC(c2ncccn2)C3)C[C@H](C)N1. The molecule has 3 atom stereocenters. The molecule has 1 fully saturated rings. The fourth-order valence-electron chi connectivity index (χ4n) is 4.75. The van der Waals surface area contributed by atoms with Gasteiger partial charge < -0.3 is 10.2 Å². The van der Waals surface area contributed by atoms with E-state index in [1.807, 2.05) is 18.7 Å². The molecule has 1 unspecified atom stereocenters. The third-order valence-electron chi connectivity index (χ3n) is 6.08. The highest BCUT2D eigenvalue weighted by atomic mass is 35.5. The number of piperazine rings is 1. The average Bonchev–Trinajstić information content (AvgIpc) is 2.98. The number of halogens is 4. The van der Waals surface area contributed by atoms with Gasteiger partial charge in [0.2, 0.25) is 0 Å². The predicted octanol–water partition coefficient (Wildman–Crippen LogP) is 3.93. The van der Waals surface area contributed by atoms with Crippen LogP contribution in [-0.2, 0) is 12.7 Å². The summed E-state index contributed by atoms with van der Waals surface area (Å²) in [7, 11) is 0. The fraction of sp³-hybridized carbons (Fsp3) is 0.455. The summed E-state index contributed by atoms with van der Waals surface area (Å²) in [4.78, 5) is 28.3. The highest BCUT2D eigenvalue weighted by Gasteiger charge is 2.38. The first-order valence-electron chi connectivity index (χ1n) is 10.9. The number of nitrogens with zero attached hydrogens (tertiary/aromatic N) is 5. The van der Waals surface area contributed by atoms with Gasteiger partial charge in [0.15, 0.2) is 0 Å². The van der Waals surface area contributed by atoms with Gasteiger partial charge in [-0.05, 0) is 26.0 Å². The van der Waals surface area contributed by atoms with E-state index in [-0.39, 0.29) is 40.6 Å². The van der Waals surface area contributed by atoms with Crippen molar-refractivity contribution in [3.63, 3.8) is 0 Å². The van der Waals surface area contributed by atoms with Crippen molar-refractivity contribution < 1.29 is 13.2 Å². The van der Waals surface area contributed by atoms with Gasteiger partial charge in [0.25, 0.3) is 0 Å². The summed E-state index contributed by atoms with van der Waals surface area (Å²) in [6.45, 7) is 5.21. The molecular weight excluding hydrogens is 489 g/mol. The Kier molecular flexibility index (Phi) is 5.97. The van der Waals surface area contributed by atoms with E-state index in [0.717, 1.165) is 6.07 Å². The molecule has 34 heavy (non-hydrogen) atoms. The summed E-state index contributed by atoms with van der Waals surface area (Å²) in [5, 5.41) is 3.27. The quantitative estimate of drug-likeness (QED) is 0.559. The normalized spacial score (nSPS) is 23.2. The lowest BCUT2D eigenvalue weighted by Gasteiger charge is -2.37. The third kappa shape index (κ3) is 4.14. The molecule has 1 saturated heterocycles. The predicted molar refractivity (Wildman–Crippen MR) is 126 cm³/mol. The van der Waals surface area contributed by atoms with Gasteiger partial charge in [0.1, 0.15) is 11.6 Å². The molecule has 3 aromatic rings. The summed E-state index contributed by atoms with van der Waals surface area (Å²) < 4.78 is 43.4. The van der Waals surface area contributed by atoms with Crippen molar-refractivity contribution in [3.05, 3.63) is 51.4 Å². The van der Waals surface area contributed by atoms with Crippen molar-refractivity contribution in [3.8, 4) is 0 Å². The average molecular weight is 511 g/mol. The molecule has 7 nitrogen and oxygen atoms in total. The number of anilines is 1. The zero-order chi connectivity index (χ0) is 24.2. The number of aromatic nitrogens is 4. The molecule has 0 aliphatic carbocycles. The van der Waals surface area contributed by atoms with Crippen molar-refractivity contribution in [1.29, 1.82) is 0 Å². The summed E-state index contributed by atoms with van der Waals surface area (Å²) in [5.74, 6) is 0.855. The Morgan fingerprint density at radius 2 is 1.82 bits per heavy atom. The van der Waals surface area contributed by atoms with Crippen LogP contribution in [0.15, 0.2) is 34.2 Å². The van der Waals surface area contributed by atoms with Crippen molar-refractivity contribution >= 4 is 40.1 Å². The monoisotopic (exact) mass is 510 g/mol. The fourth-order valence-corrected chi connectivity index (χ4v) is 6.38. The van der Waals surface area contributed by atoms with E-state index < -0.39 is 22.5 Å². The van der Waals surface area contributed by atoms with E-state index in [0.29, 0.717) is 30.2 Å². The lowest BCUT2D eigenvalue weighted by atomic mass is 10.1. The second-order valence-corrected chi connectivity index (χ2v) is 10.2. The molecule has 2 aliphatic rings. The van der Waals surface area contributed by atoms with Gasteiger partial charge in [-0.25, -0.2) is 14.8 Å². The maximum Gasteiger partial charge on any atom is 0.417 e. The minimum atomic E-state index is -4.65. The van der Waals surface area contributed by atoms with Crippen LogP contribution in [0.3, 0.4) is 0 Å². The van der Waals surface area contributed by atoms with Gasteiger partial charge in [0, 0.05) is 61.2 Å². The molecule has 2 aliphatic heterocycles. The van der Waals surface area contributed by atoms with Crippen LogP contribution in [0.4, 0.5) is 19.0 Å². The van der Waals surface area contributed by atoms with E-state index in [2.05, 4.69) is 20.3 Å². The van der Waals surface area contributed by atoms with E-state index in [1.54, 1.807) is 18.5 Å². The minimum Gasteiger partial charge on any atom is -0.353 e. The van der Waals surface area contributed by atoms with Crippen LogP contribution >= 0.6 is 23.4 Å². The van der Waals surface area contributed by atoms with Crippen LogP contribution in [0.25, 0.3) is 10.9 Å². The first-order valence-corrected chi connectivity index (χ1v) is 12.2. The van der Waals surface area contributed by atoms with Crippen LogP contribution in [0, 0.1) is 0 Å². The Morgan fingerprint density at radius 1 is 1.15 bits per heavy atom. The van der Waals surface area contributed by atoms with Crippen LogP contribution in [0.5, 0.6) is 0 Å². The van der Waals surface area contributed by atoms with Crippen LogP contribution in [-0.4, -0.2) is 50.4 Å². The summed E-state index contributed by atoms with van der Waals surface area (Å²) >= 11 is 7.55. The van der Waals surface area contributed by atoms with Crippen LogP contribution < -0.4 is 15.9 Å². The molecule has 0 spiro atoms. The molecular formula is C22H22ClF3N6OS. The minimum absolute atomic E-state index is 0.0848. The second kappa shape index (κ2) is 8.69. The van der Waals surface area contributed by atoms with Crippen molar-refractivity contribution in [2.24, 2.45) is 0 Å². The number of rotatable bonds is 2. The van der Waals surface area contributed by atoms with Gasteiger partial charge in [-0.15, -0.1) is 11.8 Å². The summed E-state index contributed by atoms with van der Waals surface area (Å²) in [5.41, 5.74) is -1.07. The molecule has 0 saturated carbocycles. The van der Waals surface area contributed by atoms with Crippen LogP contribution in [0.2, 0.25) is 5.02 Å². The molecule has 0 amide bonds. The standard InChI is InChI=1S/C22H22ClF3N6OS/c1-11-7-31(8-12(2)29-11)20-14-6-15(22(24,25)26)16(23)18-17(14)32(21(33)30-20)9-13(10-34-18)19-27-4-3-5-28-19/h3-6,11-13,29H,7-10H2,1-2H3/t11-,12+,13?. The molecule has 2 aromatic heterocycles. The zero-order valence-electron chi connectivity index (χ0n) is 18.4. The molecule has 5 rings (SSSR count). The topological polar surface area (TPSA) is 75.9 Å². The van der Waals surface area contributed by atoms with Gasteiger partial charge in [-0.2, -0.15) is 18.2 Å². The molecule has 4 heterocycles. The third-order valence-corrected chi connectivity index (χ3v) is 7.84. The highest BCUT2D eigenvalue weighted by molar-refractivity contribution is 7.99. The van der Waals surface area contributed by atoms with E-state index in [4.69, 9.17) is 11.6 Å². The van der Waals surface area contributed by atoms with E-state index in [1.165, 1.54) is 16.3 Å². The Bertz CT molecular complexity index is 1290. The lowest BCUT2D eigenvalue weighted by molar-refractivity contribution is -0.137. The van der Waals surface area contributed by atoms with Crippen molar-refractivity contribution in [2.45, 2.75) is 49.5 Å². The number of hydrogen-bond acceptors (Lipinski definition) is 7.